The van der Waals surface area contributed by atoms with Crippen LogP contribution in [0.15, 0.2) is 59.0 Å². The van der Waals surface area contributed by atoms with E-state index in [0.717, 1.165) is 5.69 Å². The molecule has 1 N–H and O–H groups in total. The molecule has 0 radical (unpaired) electrons. The number of nitrogens with one attached hydrogen (secondary N) is 1. The minimum absolute atomic E-state index is 0.0258. The number of nitrogens with zero attached hydrogens (tertiary/aromatic N) is 2. The number of furan rings is 1. The zero-order chi connectivity index (χ0) is 25.8. The van der Waals surface area contributed by atoms with Gasteiger partial charge < -0.3 is 19.5 Å². The second-order valence-corrected chi connectivity index (χ2v) is 10.1. The Labute approximate surface area is 225 Å². The molecule has 1 aromatic heterocycles. The maximum absolute atomic E-state index is 12.7. The van der Waals surface area contributed by atoms with Crippen LogP contribution in [0.25, 0.3) is 17.4 Å². The van der Waals surface area contributed by atoms with Crippen molar-refractivity contribution in [1.82, 2.24) is 4.90 Å². The second-order valence-electron chi connectivity index (χ2n) is 8.78. The summed E-state index contributed by atoms with van der Waals surface area (Å²) in [4.78, 5) is 29.1. The van der Waals surface area contributed by atoms with Gasteiger partial charge in [-0.3, -0.25) is 9.59 Å². The third kappa shape index (κ3) is 6.25. The number of carbonyl (C=O) groups excluding carboxylic acids is 2. The van der Waals surface area contributed by atoms with E-state index in [9.17, 15) is 9.59 Å². The van der Waals surface area contributed by atoms with Gasteiger partial charge in [-0.1, -0.05) is 48.7 Å². The van der Waals surface area contributed by atoms with E-state index in [1.807, 2.05) is 24.8 Å². The van der Waals surface area contributed by atoms with Gasteiger partial charge in [0.2, 0.25) is 11.8 Å². The van der Waals surface area contributed by atoms with Gasteiger partial charge in [0.25, 0.3) is 0 Å². The molecular formula is C27H26Cl3N3O3. The van der Waals surface area contributed by atoms with Crippen molar-refractivity contribution in [2.24, 2.45) is 5.92 Å². The van der Waals surface area contributed by atoms with Crippen molar-refractivity contribution in [2.45, 2.75) is 13.8 Å². The standard InChI is InChI=1S/C27H26Cl3N3O3/c1-17(2)27(35)33-13-11-32(12-14-33)24-8-4-19(29)16-23(24)31-26(34)10-6-20-5-9-25(36-20)21-7-3-18(28)15-22(21)30/h3-10,15-17H,11-14H2,1-2H3,(H,31,34)/b10-6+. The average Bonchev–Trinajstić information content (AvgIpc) is 3.31. The van der Waals surface area contributed by atoms with Gasteiger partial charge in [-0.05, 0) is 54.6 Å². The number of hydrogen-bond acceptors (Lipinski definition) is 4. The fourth-order valence-electron chi connectivity index (χ4n) is 4.03. The van der Waals surface area contributed by atoms with Crippen molar-refractivity contribution in [3.63, 3.8) is 0 Å². The molecule has 9 heteroatoms. The fraction of sp³-hybridized carbons (Fsp3) is 0.259. The number of amides is 2. The van der Waals surface area contributed by atoms with Gasteiger partial charge in [-0.25, -0.2) is 0 Å². The van der Waals surface area contributed by atoms with Crippen LogP contribution in [0, 0.1) is 5.92 Å². The number of halogens is 3. The molecule has 0 saturated carbocycles. The van der Waals surface area contributed by atoms with Crippen molar-refractivity contribution in [1.29, 1.82) is 0 Å². The van der Waals surface area contributed by atoms with Crippen LogP contribution in [0.3, 0.4) is 0 Å². The van der Waals surface area contributed by atoms with Gasteiger partial charge in [-0.2, -0.15) is 0 Å². The van der Waals surface area contributed by atoms with E-state index in [1.165, 1.54) is 6.08 Å². The molecule has 188 valence electrons. The monoisotopic (exact) mass is 545 g/mol. The lowest BCUT2D eigenvalue weighted by atomic mass is 10.1. The number of hydrogen-bond donors (Lipinski definition) is 1. The summed E-state index contributed by atoms with van der Waals surface area (Å²) in [6.45, 7) is 6.41. The van der Waals surface area contributed by atoms with Crippen molar-refractivity contribution in [3.8, 4) is 11.3 Å². The molecule has 36 heavy (non-hydrogen) atoms. The molecular weight excluding hydrogens is 521 g/mol. The van der Waals surface area contributed by atoms with Crippen LogP contribution >= 0.6 is 34.8 Å². The Morgan fingerprint density at radius 3 is 2.33 bits per heavy atom. The van der Waals surface area contributed by atoms with Crippen LogP contribution < -0.4 is 10.2 Å². The molecule has 0 spiro atoms. The summed E-state index contributed by atoms with van der Waals surface area (Å²) in [5, 5.41) is 4.45. The van der Waals surface area contributed by atoms with Crippen LogP contribution in [0.4, 0.5) is 11.4 Å². The molecule has 1 saturated heterocycles. The predicted octanol–water partition coefficient (Wildman–Crippen LogP) is 6.86. The van der Waals surface area contributed by atoms with Crippen LogP contribution in [-0.2, 0) is 9.59 Å². The van der Waals surface area contributed by atoms with Crippen molar-refractivity contribution >= 4 is 64.1 Å². The first-order valence-corrected chi connectivity index (χ1v) is 12.7. The zero-order valence-corrected chi connectivity index (χ0v) is 22.2. The highest BCUT2D eigenvalue weighted by Gasteiger charge is 2.24. The molecule has 6 nitrogen and oxygen atoms in total. The van der Waals surface area contributed by atoms with Crippen LogP contribution in [-0.4, -0.2) is 42.9 Å². The minimum Gasteiger partial charge on any atom is -0.457 e. The van der Waals surface area contributed by atoms with E-state index in [1.54, 1.807) is 48.5 Å². The Balaban J connectivity index is 1.43. The maximum atomic E-state index is 12.7. The molecule has 1 aliphatic heterocycles. The summed E-state index contributed by atoms with van der Waals surface area (Å²) < 4.78 is 5.82. The number of rotatable bonds is 6. The maximum Gasteiger partial charge on any atom is 0.248 e. The van der Waals surface area contributed by atoms with Gasteiger partial charge in [0.05, 0.1) is 16.4 Å². The summed E-state index contributed by atoms with van der Waals surface area (Å²) in [6, 6.07) is 14.1. The summed E-state index contributed by atoms with van der Waals surface area (Å²) in [5.41, 5.74) is 2.17. The number of anilines is 2. The highest BCUT2D eigenvalue weighted by atomic mass is 35.5. The molecule has 4 rings (SSSR count). The number of benzene rings is 2. The SMILES string of the molecule is CC(C)C(=O)N1CCN(c2ccc(Cl)cc2NC(=O)/C=C/c2ccc(-c3ccc(Cl)cc3Cl)o2)CC1. The first-order chi connectivity index (χ1) is 17.2. The van der Waals surface area contributed by atoms with E-state index in [0.29, 0.717) is 64.0 Å². The topological polar surface area (TPSA) is 65.8 Å². The van der Waals surface area contributed by atoms with Crippen molar-refractivity contribution < 1.29 is 14.0 Å². The third-order valence-corrected chi connectivity index (χ3v) is 6.65. The molecule has 0 atom stereocenters. The van der Waals surface area contributed by atoms with E-state index >= 15 is 0 Å². The van der Waals surface area contributed by atoms with E-state index in [-0.39, 0.29) is 17.7 Å². The van der Waals surface area contributed by atoms with E-state index in [2.05, 4.69) is 10.2 Å². The van der Waals surface area contributed by atoms with Crippen molar-refractivity contribution in [3.05, 3.63) is 75.4 Å². The smallest absolute Gasteiger partial charge is 0.248 e. The molecule has 0 bridgehead atoms. The summed E-state index contributed by atoms with van der Waals surface area (Å²) >= 11 is 18.4. The molecule has 2 heterocycles. The molecule has 1 aliphatic rings. The zero-order valence-electron chi connectivity index (χ0n) is 19.9. The number of carbonyl (C=O) groups is 2. The quantitative estimate of drug-likeness (QED) is 0.343. The van der Waals surface area contributed by atoms with E-state index < -0.39 is 0 Å². The Morgan fingerprint density at radius 1 is 0.944 bits per heavy atom. The van der Waals surface area contributed by atoms with Crippen LogP contribution in [0.1, 0.15) is 19.6 Å². The Morgan fingerprint density at radius 2 is 1.64 bits per heavy atom. The first-order valence-electron chi connectivity index (χ1n) is 11.6. The first kappa shape index (κ1) is 26.1. The lowest BCUT2D eigenvalue weighted by molar-refractivity contribution is -0.134. The lowest BCUT2D eigenvalue weighted by Crippen LogP contribution is -2.50. The number of piperazine rings is 1. The second kappa shape index (κ2) is 11.4. The van der Waals surface area contributed by atoms with E-state index in [4.69, 9.17) is 39.2 Å². The molecule has 2 amide bonds. The Kier molecular flexibility index (Phi) is 8.29. The molecule has 1 fully saturated rings. The largest absolute Gasteiger partial charge is 0.457 e. The van der Waals surface area contributed by atoms with Crippen LogP contribution in [0.5, 0.6) is 0 Å². The molecule has 3 aromatic rings. The molecule has 0 aliphatic carbocycles. The van der Waals surface area contributed by atoms with Gasteiger partial charge in [0.1, 0.15) is 11.5 Å². The summed E-state index contributed by atoms with van der Waals surface area (Å²) in [7, 11) is 0. The average molecular weight is 547 g/mol. The Hall–Kier alpha value is -2.93. The highest BCUT2D eigenvalue weighted by Crippen LogP contribution is 2.32. The molecule has 2 aromatic carbocycles. The van der Waals surface area contributed by atoms with Gasteiger partial charge in [-0.15, -0.1) is 0 Å². The lowest BCUT2D eigenvalue weighted by Gasteiger charge is -2.37. The Bertz CT molecular complexity index is 1290. The van der Waals surface area contributed by atoms with Crippen LogP contribution in [0.2, 0.25) is 15.1 Å². The predicted molar refractivity (Wildman–Crippen MR) is 147 cm³/mol. The van der Waals surface area contributed by atoms with Crippen molar-refractivity contribution in [2.75, 3.05) is 36.4 Å². The van der Waals surface area contributed by atoms with Gasteiger partial charge in [0.15, 0.2) is 0 Å². The minimum atomic E-state index is -0.324. The summed E-state index contributed by atoms with van der Waals surface area (Å²) in [5.74, 6) is 0.882. The highest BCUT2D eigenvalue weighted by molar-refractivity contribution is 6.36. The third-order valence-electron chi connectivity index (χ3n) is 5.86. The normalized spacial score (nSPS) is 14.1. The fourth-order valence-corrected chi connectivity index (χ4v) is 4.70. The summed E-state index contributed by atoms with van der Waals surface area (Å²) in [6.07, 6.45) is 2.99. The van der Waals surface area contributed by atoms with Gasteiger partial charge >= 0.3 is 0 Å². The molecule has 0 unspecified atom stereocenters. The van der Waals surface area contributed by atoms with Gasteiger partial charge in [0, 0.05) is 53.8 Å².